The van der Waals surface area contributed by atoms with Crippen LogP contribution in [0.2, 0.25) is 0 Å². The SMILES string of the molecule is CN1CC(CC(=O)c2cc3c(s2)-c2ccccc2N(C(=O)c2cccc(-c4cn[nH]c4C4CC4)n2)CC3)C1. The van der Waals surface area contributed by atoms with E-state index in [1.807, 2.05) is 41.4 Å². The quantitative estimate of drug-likeness (QED) is 0.342. The number of Topliss-reactive ketones (excluding diaryl/α,β-unsaturated/α-hetero) is 1. The van der Waals surface area contributed by atoms with E-state index >= 15 is 0 Å². The molecule has 2 fully saturated rings. The molecule has 7 rings (SSSR count). The molecule has 1 saturated carbocycles. The number of nitrogens with zero attached hydrogens (tertiary/aromatic N) is 4. The van der Waals surface area contributed by atoms with Gasteiger partial charge in [0.25, 0.3) is 5.91 Å². The highest BCUT2D eigenvalue weighted by Gasteiger charge is 2.31. The molecule has 3 aromatic heterocycles. The Labute approximate surface area is 225 Å². The maximum Gasteiger partial charge on any atom is 0.276 e. The van der Waals surface area contributed by atoms with Crippen LogP contribution < -0.4 is 4.90 Å². The van der Waals surface area contributed by atoms with E-state index in [0.29, 0.717) is 36.9 Å². The Morgan fingerprint density at radius 1 is 1.08 bits per heavy atom. The van der Waals surface area contributed by atoms with Crippen molar-refractivity contribution in [3.63, 3.8) is 0 Å². The standard InChI is InChI=1S/C30H29N5O2S/c1-34-16-18(17-34)13-26(36)27-14-20-11-12-35(25-8-3-2-5-21(25)29(20)38-27)30(37)24-7-4-6-23(32-24)22-15-31-33-28(22)19-9-10-19/h2-8,14-15,18-19H,9-13,16-17H2,1H3,(H,31,33). The number of anilines is 1. The number of benzene rings is 1. The first-order valence-electron chi connectivity index (χ1n) is 13.3. The van der Waals surface area contributed by atoms with Crippen LogP contribution in [-0.2, 0) is 6.42 Å². The molecule has 0 bridgehead atoms. The monoisotopic (exact) mass is 523 g/mol. The van der Waals surface area contributed by atoms with Gasteiger partial charge in [0, 0.05) is 53.7 Å². The van der Waals surface area contributed by atoms with Crippen LogP contribution in [0.4, 0.5) is 5.69 Å². The van der Waals surface area contributed by atoms with Crippen molar-refractivity contribution >= 4 is 28.7 Å². The molecule has 3 aliphatic rings. The highest BCUT2D eigenvalue weighted by Crippen LogP contribution is 2.44. The molecule has 7 nitrogen and oxygen atoms in total. The van der Waals surface area contributed by atoms with E-state index in [1.165, 1.54) is 0 Å². The van der Waals surface area contributed by atoms with Crippen LogP contribution >= 0.6 is 11.3 Å². The summed E-state index contributed by atoms with van der Waals surface area (Å²) in [5.41, 5.74) is 6.30. The summed E-state index contributed by atoms with van der Waals surface area (Å²) >= 11 is 1.57. The van der Waals surface area contributed by atoms with Crippen LogP contribution in [0.25, 0.3) is 21.7 Å². The second kappa shape index (κ2) is 9.29. The third-order valence-electron chi connectivity index (χ3n) is 7.89. The number of rotatable bonds is 6. The molecule has 38 heavy (non-hydrogen) atoms. The van der Waals surface area contributed by atoms with Gasteiger partial charge in [-0.2, -0.15) is 5.10 Å². The normalized spacial score (nSPS) is 17.4. The first-order chi connectivity index (χ1) is 18.5. The van der Waals surface area contributed by atoms with Crippen LogP contribution in [0.3, 0.4) is 0 Å². The number of carbonyl (C=O) groups excluding carboxylic acids is 2. The minimum absolute atomic E-state index is 0.115. The van der Waals surface area contributed by atoms with Crippen LogP contribution in [0, 0.1) is 5.92 Å². The number of carbonyl (C=O) groups is 2. The van der Waals surface area contributed by atoms with E-state index < -0.39 is 0 Å². The molecule has 2 aliphatic heterocycles. The maximum atomic E-state index is 13.9. The summed E-state index contributed by atoms with van der Waals surface area (Å²) < 4.78 is 0. The minimum Gasteiger partial charge on any atom is -0.306 e. The predicted molar refractivity (Wildman–Crippen MR) is 149 cm³/mol. The number of aromatic amines is 1. The van der Waals surface area contributed by atoms with E-state index in [9.17, 15) is 9.59 Å². The Kier molecular flexibility index (Phi) is 5.74. The second-order valence-electron chi connectivity index (χ2n) is 10.8. The second-order valence-corrected chi connectivity index (χ2v) is 11.8. The highest BCUT2D eigenvalue weighted by atomic mass is 32.1. The molecule has 192 valence electrons. The Bertz CT molecular complexity index is 1550. The summed E-state index contributed by atoms with van der Waals surface area (Å²) in [4.78, 5) is 37.7. The molecule has 4 aromatic rings. The fourth-order valence-corrected chi connectivity index (χ4v) is 6.98. The van der Waals surface area contributed by atoms with Crippen LogP contribution in [0.5, 0.6) is 0 Å². The third kappa shape index (κ3) is 4.18. The number of hydrogen-bond donors (Lipinski definition) is 1. The molecule has 0 atom stereocenters. The number of fused-ring (bicyclic) bond motifs is 3. The largest absolute Gasteiger partial charge is 0.306 e. The number of H-pyrrole nitrogens is 1. The van der Waals surface area contributed by atoms with Gasteiger partial charge in [0.2, 0.25) is 0 Å². The van der Waals surface area contributed by atoms with Crippen molar-refractivity contribution in [1.29, 1.82) is 0 Å². The molecule has 1 amide bonds. The smallest absolute Gasteiger partial charge is 0.276 e. The topological polar surface area (TPSA) is 82.2 Å². The van der Waals surface area contributed by atoms with E-state index in [1.54, 1.807) is 17.4 Å². The van der Waals surface area contributed by atoms with Crippen LogP contribution in [0.1, 0.15) is 56.6 Å². The summed E-state index contributed by atoms with van der Waals surface area (Å²) in [5.74, 6) is 1.09. The molecule has 1 aliphatic carbocycles. The van der Waals surface area contributed by atoms with Crippen molar-refractivity contribution in [3.8, 4) is 21.7 Å². The lowest BCUT2D eigenvalue weighted by molar-refractivity contribution is 0.0839. The molecule has 8 heteroatoms. The predicted octanol–water partition coefficient (Wildman–Crippen LogP) is 5.41. The van der Waals surface area contributed by atoms with E-state index in [2.05, 4.69) is 34.3 Å². The van der Waals surface area contributed by atoms with Crippen molar-refractivity contribution in [2.75, 3.05) is 31.6 Å². The zero-order valence-corrected chi connectivity index (χ0v) is 22.1. The van der Waals surface area contributed by atoms with Gasteiger partial charge in [0.1, 0.15) is 5.69 Å². The number of pyridine rings is 1. The first-order valence-corrected chi connectivity index (χ1v) is 14.1. The lowest BCUT2D eigenvalue weighted by Crippen LogP contribution is -2.44. The fourth-order valence-electron chi connectivity index (χ4n) is 5.79. The van der Waals surface area contributed by atoms with Gasteiger partial charge in [0.05, 0.1) is 22.5 Å². The molecule has 0 radical (unpaired) electrons. The zero-order valence-electron chi connectivity index (χ0n) is 21.3. The average Bonchev–Trinajstić information content (AvgIpc) is 3.52. The summed E-state index contributed by atoms with van der Waals surface area (Å²) in [6, 6.07) is 15.7. The van der Waals surface area contributed by atoms with Gasteiger partial charge < -0.3 is 9.80 Å². The third-order valence-corrected chi connectivity index (χ3v) is 9.14. The summed E-state index contributed by atoms with van der Waals surface area (Å²) in [6.07, 6.45) is 5.43. The molecule has 0 spiro atoms. The highest BCUT2D eigenvalue weighted by molar-refractivity contribution is 7.17. The Morgan fingerprint density at radius 2 is 1.92 bits per heavy atom. The van der Waals surface area contributed by atoms with Crippen LogP contribution in [0.15, 0.2) is 54.7 Å². The molecule has 1 N–H and O–H groups in total. The number of likely N-dealkylation sites (tertiary alicyclic amines) is 1. The zero-order chi connectivity index (χ0) is 25.8. The molecule has 1 saturated heterocycles. The number of hydrogen-bond acceptors (Lipinski definition) is 6. The van der Waals surface area contributed by atoms with Gasteiger partial charge in [-0.05, 0) is 62.1 Å². The first kappa shape index (κ1) is 23.5. The van der Waals surface area contributed by atoms with Crippen molar-refractivity contribution in [2.45, 2.75) is 31.6 Å². The van der Waals surface area contributed by atoms with Gasteiger partial charge >= 0.3 is 0 Å². The lowest BCUT2D eigenvalue weighted by atomic mass is 9.94. The average molecular weight is 524 g/mol. The number of amides is 1. The molecule has 1 aromatic carbocycles. The van der Waals surface area contributed by atoms with Gasteiger partial charge in [-0.3, -0.25) is 14.7 Å². The fraction of sp³-hybridized carbons (Fsp3) is 0.333. The molecule has 0 unspecified atom stereocenters. The minimum atomic E-state index is -0.115. The van der Waals surface area contributed by atoms with Crippen molar-refractivity contribution < 1.29 is 9.59 Å². The van der Waals surface area contributed by atoms with Crippen molar-refractivity contribution in [1.82, 2.24) is 20.1 Å². The van der Waals surface area contributed by atoms with Gasteiger partial charge in [-0.15, -0.1) is 11.3 Å². The molecular formula is C30H29N5O2S. The van der Waals surface area contributed by atoms with Gasteiger partial charge in [-0.1, -0.05) is 24.3 Å². The molecule has 5 heterocycles. The number of thiophene rings is 1. The Hall–Kier alpha value is -3.62. The number of ketones is 1. The Morgan fingerprint density at radius 3 is 2.74 bits per heavy atom. The lowest BCUT2D eigenvalue weighted by Gasteiger charge is -2.35. The van der Waals surface area contributed by atoms with Crippen LogP contribution in [-0.4, -0.2) is 58.5 Å². The van der Waals surface area contributed by atoms with Crippen molar-refractivity contribution in [2.24, 2.45) is 5.92 Å². The van der Waals surface area contributed by atoms with Gasteiger partial charge in [0.15, 0.2) is 5.78 Å². The number of aromatic nitrogens is 3. The maximum absolute atomic E-state index is 13.9. The Balaban J connectivity index is 1.18. The van der Waals surface area contributed by atoms with E-state index in [0.717, 1.165) is 69.5 Å². The number of para-hydroxylation sites is 1. The van der Waals surface area contributed by atoms with Gasteiger partial charge in [-0.25, -0.2) is 4.98 Å². The number of nitrogens with one attached hydrogen (secondary N) is 1. The van der Waals surface area contributed by atoms with E-state index in [4.69, 9.17) is 4.98 Å². The summed E-state index contributed by atoms with van der Waals surface area (Å²) in [6.45, 7) is 2.52. The molecular weight excluding hydrogens is 494 g/mol. The summed E-state index contributed by atoms with van der Waals surface area (Å²) in [5, 5.41) is 7.37. The van der Waals surface area contributed by atoms with Crippen molar-refractivity contribution in [3.05, 3.63) is 76.6 Å². The summed E-state index contributed by atoms with van der Waals surface area (Å²) in [7, 11) is 2.09. The van der Waals surface area contributed by atoms with E-state index in [-0.39, 0.29) is 11.7 Å².